The van der Waals surface area contributed by atoms with Gasteiger partial charge in [0.2, 0.25) is 0 Å². The number of aliphatic hydroxyl groups excluding tert-OH is 1. The quantitative estimate of drug-likeness (QED) is 0.697. The molecule has 2 aliphatic rings. The van der Waals surface area contributed by atoms with Gasteiger partial charge in [-0.1, -0.05) is 31.7 Å². The minimum absolute atomic E-state index is 0.291. The first kappa shape index (κ1) is 21.4. The molecule has 1 N–H and O–H groups in total. The lowest BCUT2D eigenvalue weighted by Gasteiger charge is -2.32. The summed E-state index contributed by atoms with van der Waals surface area (Å²) in [5.41, 5.74) is 1.25. The van der Waals surface area contributed by atoms with E-state index in [0.29, 0.717) is 24.9 Å². The van der Waals surface area contributed by atoms with Crippen LogP contribution in [0.5, 0.6) is 11.5 Å². The maximum absolute atomic E-state index is 10.4. The molecule has 1 saturated heterocycles. The van der Waals surface area contributed by atoms with Crippen LogP contribution in [0.3, 0.4) is 0 Å². The van der Waals surface area contributed by atoms with Crippen molar-refractivity contribution in [2.75, 3.05) is 40.4 Å². The molecule has 0 bridgehead atoms. The Balaban J connectivity index is 1.48. The third-order valence-electron chi connectivity index (χ3n) is 6.21. The summed E-state index contributed by atoms with van der Waals surface area (Å²) in [5.74, 6) is 1.46. The number of nitrogens with zero attached hydrogens (tertiary/aromatic N) is 2. The highest BCUT2D eigenvalue weighted by molar-refractivity contribution is 5.43. The molecule has 1 atom stereocenters. The second kappa shape index (κ2) is 11.0. The topological polar surface area (TPSA) is 45.2 Å². The monoisotopic (exact) mass is 390 g/mol. The molecule has 5 nitrogen and oxygen atoms in total. The first-order valence-electron chi connectivity index (χ1n) is 11.1. The molecule has 3 rings (SSSR count). The molecule has 0 radical (unpaired) electrons. The summed E-state index contributed by atoms with van der Waals surface area (Å²) in [6.07, 6.45) is 9.91. The number of methoxy groups -OCH3 is 1. The summed E-state index contributed by atoms with van der Waals surface area (Å²) in [5, 5.41) is 10.4. The second-order valence-corrected chi connectivity index (χ2v) is 8.52. The van der Waals surface area contributed by atoms with E-state index >= 15 is 0 Å². The van der Waals surface area contributed by atoms with Gasteiger partial charge < -0.3 is 19.5 Å². The third kappa shape index (κ3) is 6.36. The highest BCUT2D eigenvalue weighted by Crippen LogP contribution is 2.29. The number of piperidine rings is 1. The van der Waals surface area contributed by atoms with Crippen LogP contribution in [0.2, 0.25) is 0 Å². The number of benzene rings is 1. The van der Waals surface area contributed by atoms with Crippen molar-refractivity contribution in [3.8, 4) is 11.5 Å². The van der Waals surface area contributed by atoms with Gasteiger partial charge in [0.15, 0.2) is 11.5 Å². The molecular weight excluding hydrogens is 352 g/mol. The van der Waals surface area contributed by atoms with Crippen LogP contribution in [-0.4, -0.2) is 67.5 Å². The molecular formula is C23H38N2O3. The highest BCUT2D eigenvalue weighted by Gasteiger charge is 2.20. The van der Waals surface area contributed by atoms with Crippen molar-refractivity contribution in [1.82, 2.24) is 9.80 Å². The Labute approximate surface area is 170 Å². The van der Waals surface area contributed by atoms with Gasteiger partial charge in [0.1, 0.15) is 12.7 Å². The minimum atomic E-state index is -0.496. The number of likely N-dealkylation sites (tertiary alicyclic amines) is 1. The SMILES string of the molecule is COc1cc(CN2CCCCC2)ccc1OCC(O)CN(C)C1CCCCC1. The maximum atomic E-state index is 10.4. The Morgan fingerprint density at radius 2 is 1.79 bits per heavy atom. The molecule has 28 heavy (non-hydrogen) atoms. The standard InChI is InChI=1S/C23H38N2O3/c1-24(20-9-5-3-6-10-20)17-21(26)18-28-22-12-11-19(15-23(22)27-2)16-25-13-7-4-8-14-25/h11-12,15,20-21,26H,3-10,13-14,16-18H2,1-2H3. The zero-order valence-corrected chi connectivity index (χ0v) is 17.7. The third-order valence-corrected chi connectivity index (χ3v) is 6.21. The maximum Gasteiger partial charge on any atom is 0.161 e. The first-order chi connectivity index (χ1) is 13.7. The van der Waals surface area contributed by atoms with Crippen molar-refractivity contribution in [2.24, 2.45) is 0 Å². The van der Waals surface area contributed by atoms with Crippen molar-refractivity contribution < 1.29 is 14.6 Å². The van der Waals surface area contributed by atoms with Gasteiger partial charge in [-0.2, -0.15) is 0 Å². The van der Waals surface area contributed by atoms with Crippen LogP contribution in [0.4, 0.5) is 0 Å². The van der Waals surface area contributed by atoms with E-state index in [1.54, 1.807) is 7.11 Å². The van der Waals surface area contributed by atoms with Gasteiger partial charge in [0.25, 0.3) is 0 Å². The average molecular weight is 391 g/mol. The fourth-order valence-corrected chi connectivity index (χ4v) is 4.55. The fourth-order valence-electron chi connectivity index (χ4n) is 4.55. The Morgan fingerprint density at radius 1 is 1.07 bits per heavy atom. The van der Waals surface area contributed by atoms with E-state index in [9.17, 15) is 5.11 Å². The molecule has 0 aromatic heterocycles. The Kier molecular flexibility index (Phi) is 8.44. The van der Waals surface area contributed by atoms with E-state index < -0.39 is 6.10 Å². The zero-order chi connectivity index (χ0) is 19.8. The van der Waals surface area contributed by atoms with E-state index in [-0.39, 0.29) is 0 Å². The summed E-state index contributed by atoms with van der Waals surface area (Å²) < 4.78 is 11.5. The molecule has 2 fully saturated rings. The summed E-state index contributed by atoms with van der Waals surface area (Å²) in [6.45, 7) is 4.27. The molecule has 0 spiro atoms. The molecule has 5 heteroatoms. The fraction of sp³-hybridized carbons (Fsp3) is 0.739. The van der Waals surface area contributed by atoms with Gasteiger partial charge in [-0.3, -0.25) is 4.90 Å². The molecule has 1 saturated carbocycles. The van der Waals surface area contributed by atoms with E-state index in [2.05, 4.69) is 29.0 Å². The predicted octanol–water partition coefficient (Wildman–Crippen LogP) is 3.69. The smallest absolute Gasteiger partial charge is 0.161 e. The summed E-state index contributed by atoms with van der Waals surface area (Å²) >= 11 is 0. The molecule has 158 valence electrons. The van der Waals surface area contributed by atoms with Crippen molar-refractivity contribution in [3.63, 3.8) is 0 Å². The van der Waals surface area contributed by atoms with Gasteiger partial charge in [0.05, 0.1) is 7.11 Å². The molecule has 0 amide bonds. The van der Waals surface area contributed by atoms with Crippen LogP contribution in [-0.2, 0) is 6.54 Å². The lowest BCUT2D eigenvalue weighted by atomic mass is 9.94. The van der Waals surface area contributed by atoms with Crippen molar-refractivity contribution in [2.45, 2.75) is 70.1 Å². The largest absolute Gasteiger partial charge is 0.493 e. The Hall–Kier alpha value is -1.30. The Morgan fingerprint density at radius 3 is 2.50 bits per heavy atom. The van der Waals surface area contributed by atoms with Crippen LogP contribution in [0.25, 0.3) is 0 Å². The molecule has 1 unspecified atom stereocenters. The molecule has 1 aromatic rings. The van der Waals surface area contributed by atoms with E-state index in [1.165, 1.54) is 70.0 Å². The van der Waals surface area contributed by atoms with Crippen LogP contribution in [0, 0.1) is 0 Å². The number of hydrogen-bond acceptors (Lipinski definition) is 5. The van der Waals surface area contributed by atoms with E-state index in [0.717, 1.165) is 12.3 Å². The van der Waals surface area contributed by atoms with Crippen molar-refractivity contribution in [1.29, 1.82) is 0 Å². The molecule has 1 heterocycles. The zero-order valence-electron chi connectivity index (χ0n) is 17.7. The highest BCUT2D eigenvalue weighted by atomic mass is 16.5. The number of aliphatic hydroxyl groups is 1. The van der Waals surface area contributed by atoms with Crippen molar-refractivity contribution in [3.05, 3.63) is 23.8 Å². The second-order valence-electron chi connectivity index (χ2n) is 8.52. The Bertz CT molecular complexity index is 583. The summed E-state index contributed by atoms with van der Waals surface area (Å²) in [6, 6.07) is 6.78. The predicted molar refractivity (Wildman–Crippen MR) is 113 cm³/mol. The molecule has 1 aromatic carbocycles. The minimum Gasteiger partial charge on any atom is -0.493 e. The average Bonchev–Trinajstić information content (AvgIpc) is 2.74. The van der Waals surface area contributed by atoms with Crippen molar-refractivity contribution >= 4 is 0 Å². The van der Waals surface area contributed by atoms with Crippen LogP contribution >= 0.6 is 0 Å². The van der Waals surface area contributed by atoms with Gasteiger partial charge >= 0.3 is 0 Å². The summed E-state index contributed by atoms with van der Waals surface area (Å²) in [4.78, 5) is 4.80. The summed E-state index contributed by atoms with van der Waals surface area (Å²) in [7, 11) is 3.80. The lowest BCUT2D eigenvalue weighted by molar-refractivity contribution is 0.0553. The number of rotatable bonds is 9. The molecule has 1 aliphatic heterocycles. The van der Waals surface area contributed by atoms with E-state index in [1.807, 2.05) is 6.07 Å². The van der Waals surface area contributed by atoms with Crippen LogP contribution < -0.4 is 9.47 Å². The van der Waals surface area contributed by atoms with Crippen LogP contribution in [0.1, 0.15) is 56.9 Å². The number of ether oxygens (including phenoxy) is 2. The number of hydrogen-bond donors (Lipinski definition) is 1. The van der Waals surface area contributed by atoms with Gasteiger partial charge in [-0.25, -0.2) is 0 Å². The van der Waals surface area contributed by atoms with Gasteiger partial charge in [-0.15, -0.1) is 0 Å². The van der Waals surface area contributed by atoms with Gasteiger partial charge in [-0.05, 0) is 63.5 Å². The first-order valence-corrected chi connectivity index (χ1v) is 11.1. The van der Waals surface area contributed by atoms with E-state index in [4.69, 9.17) is 9.47 Å². The lowest BCUT2D eigenvalue weighted by Crippen LogP contribution is -2.40. The normalized spacial score (nSPS) is 20.3. The molecule has 1 aliphatic carbocycles. The van der Waals surface area contributed by atoms with Crippen LogP contribution in [0.15, 0.2) is 18.2 Å². The number of likely N-dealkylation sites (N-methyl/N-ethyl adjacent to an activating group) is 1. The van der Waals surface area contributed by atoms with Gasteiger partial charge in [0, 0.05) is 19.1 Å².